The van der Waals surface area contributed by atoms with Crippen LogP contribution in [0.5, 0.6) is 0 Å². The van der Waals surface area contributed by atoms with Crippen LogP contribution in [0.15, 0.2) is 12.1 Å². The van der Waals surface area contributed by atoms with Gasteiger partial charge in [0.05, 0.1) is 5.69 Å². The summed E-state index contributed by atoms with van der Waals surface area (Å²) < 4.78 is 1.86. The Labute approximate surface area is 173 Å². The van der Waals surface area contributed by atoms with E-state index in [1.807, 2.05) is 28.6 Å². The SMILES string of the molecule is Cc1nn(-c2ccc(N3CCCC3)nn2)c(C)c1CCC(=O)N1CCC(C)CC1. The van der Waals surface area contributed by atoms with Crippen molar-refractivity contribution in [2.24, 2.45) is 5.92 Å². The molecule has 0 aliphatic carbocycles. The van der Waals surface area contributed by atoms with Crippen molar-refractivity contribution in [3.05, 3.63) is 29.1 Å². The first-order valence-electron chi connectivity index (χ1n) is 10.9. The maximum absolute atomic E-state index is 12.6. The summed E-state index contributed by atoms with van der Waals surface area (Å²) in [7, 11) is 0. The van der Waals surface area contributed by atoms with E-state index in [2.05, 4.69) is 34.0 Å². The predicted octanol–water partition coefficient (Wildman–Crippen LogP) is 3.07. The van der Waals surface area contributed by atoms with Crippen LogP contribution in [-0.4, -0.2) is 57.0 Å². The minimum absolute atomic E-state index is 0.262. The van der Waals surface area contributed by atoms with Gasteiger partial charge in [0.15, 0.2) is 11.6 Å². The van der Waals surface area contributed by atoms with Gasteiger partial charge in [-0.1, -0.05) is 6.92 Å². The summed E-state index contributed by atoms with van der Waals surface area (Å²) in [5, 5.41) is 13.5. The lowest BCUT2D eigenvalue weighted by atomic mass is 9.98. The molecule has 4 rings (SSSR count). The van der Waals surface area contributed by atoms with Gasteiger partial charge in [0.25, 0.3) is 0 Å². The third-order valence-corrected chi connectivity index (χ3v) is 6.45. The smallest absolute Gasteiger partial charge is 0.222 e. The van der Waals surface area contributed by atoms with Crippen molar-refractivity contribution in [2.75, 3.05) is 31.1 Å². The highest BCUT2D eigenvalue weighted by molar-refractivity contribution is 5.76. The first kappa shape index (κ1) is 19.9. The lowest BCUT2D eigenvalue weighted by molar-refractivity contribution is -0.132. The molecule has 0 saturated carbocycles. The van der Waals surface area contributed by atoms with Crippen LogP contribution in [0.4, 0.5) is 5.82 Å². The van der Waals surface area contributed by atoms with Gasteiger partial charge in [0, 0.05) is 38.3 Å². The number of anilines is 1. The topological polar surface area (TPSA) is 67.2 Å². The van der Waals surface area contributed by atoms with E-state index in [0.29, 0.717) is 6.42 Å². The van der Waals surface area contributed by atoms with Gasteiger partial charge in [0.2, 0.25) is 5.91 Å². The molecule has 0 bridgehead atoms. The average Bonchev–Trinajstić information content (AvgIpc) is 3.36. The molecule has 2 aliphatic heterocycles. The highest BCUT2D eigenvalue weighted by Crippen LogP contribution is 2.22. The summed E-state index contributed by atoms with van der Waals surface area (Å²) >= 11 is 0. The van der Waals surface area contributed by atoms with E-state index in [4.69, 9.17) is 0 Å². The standard InChI is InChI=1S/C22H32N6O/c1-16-10-14-27(15-11-16)22(29)9-6-19-17(2)25-28(18(19)3)21-8-7-20(23-24-21)26-12-4-5-13-26/h7-8,16H,4-6,9-15H2,1-3H3. The third-order valence-electron chi connectivity index (χ3n) is 6.45. The molecule has 1 amide bonds. The second-order valence-corrected chi connectivity index (χ2v) is 8.57. The van der Waals surface area contributed by atoms with Gasteiger partial charge >= 0.3 is 0 Å². The van der Waals surface area contributed by atoms with Gasteiger partial charge < -0.3 is 9.80 Å². The van der Waals surface area contributed by atoms with E-state index in [1.165, 1.54) is 12.8 Å². The van der Waals surface area contributed by atoms with Crippen molar-refractivity contribution in [1.82, 2.24) is 24.9 Å². The minimum Gasteiger partial charge on any atom is -0.355 e. The van der Waals surface area contributed by atoms with Crippen molar-refractivity contribution >= 4 is 11.7 Å². The number of aromatic nitrogens is 4. The molecular formula is C22H32N6O. The molecule has 0 radical (unpaired) electrons. The summed E-state index contributed by atoms with van der Waals surface area (Å²) in [6, 6.07) is 4.02. The summed E-state index contributed by atoms with van der Waals surface area (Å²) in [6.07, 6.45) is 5.95. The van der Waals surface area contributed by atoms with Crippen LogP contribution in [-0.2, 0) is 11.2 Å². The second-order valence-electron chi connectivity index (χ2n) is 8.57. The van der Waals surface area contributed by atoms with Crippen LogP contribution in [0, 0.1) is 19.8 Å². The molecule has 0 spiro atoms. The van der Waals surface area contributed by atoms with Crippen molar-refractivity contribution in [3.63, 3.8) is 0 Å². The molecule has 0 unspecified atom stereocenters. The Bertz CT molecular complexity index is 845. The highest BCUT2D eigenvalue weighted by atomic mass is 16.2. The van der Waals surface area contributed by atoms with E-state index in [1.54, 1.807) is 0 Å². The summed E-state index contributed by atoms with van der Waals surface area (Å²) in [5.74, 6) is 2.67. The highest BCUT2D eigenvalue weighted by Gasteiger charge is 2.22. The molecule has 2 aromatic rings. The molecule has 2 aliphatic rings. The number of likely N-dealkylation sites (tertiary alicyclic amines) is 1. The Morgan fingerprint density at radius 2 is 1.69 bits per heavy atom. The third kappa shape index (κ3) is 4.28. The Hall–Kier alpha value is -2.44. The Morgan fingerprint density at radius 1 is 1.03 bits per heavy atom. The molecular weight excluding hydrogens is 364 g/mol. The first-order valence-corrected chi connectivity index (χ1v) is 10.9. The zero-order valence-electron chi connectivity index (χ0n) is 17.9. The molecule has 0 N–H and O–H groups in total. The Balaban J connectivity index is 1.43. The van der Waals surface area contributed by atoms with Crippen LogP contribution in [0.25, 0.3) is 5.82 Å². The van der Waals surface area contributed by atoms with E-state index < -0.39 is 0 Å². The van der Waals surface area contributed by atoms with Crippen LogP contribution >= 0.6 is 0 Å². The first-order chi connectivity index (χ1) is 14.0. The van der Waals surface area contributed by atoms with Crippen molar-refractivity contribution in [1.29, 1.82) is 0 Å². The maximum atomic E-state index is 12.6. The quantitative estimate of drug-likeness (QED) is 0.777. The maximum Gasteiger partial charge on any atom is 0.222 e. The number of rotatable bonds is 5. The lowest BCUT2D eigenvalue weighted by Gasteiger charge is -2.30. The number of piperidine rings is 1. The van der Waals surface area contributed by atoms with Crippen LogP contribution < -0.4 is 4.90 Å². The molecule has 29 heavy (non-hydrogen) atoms. The second kappa shape index (κ2) is 8.51. The average molecular weight is 397 g/mol. The van der Waals surface area contributed by atoms with Crippen molar-refractivity contribution in [2.45, 2.75) is 59.3 Å². The normalized spacial score (nSPS) is 17.9. The van der Waals surface area contributed by atoms with E-state index >= 15 is 0 Å². The van der Waals surface area contributed by atoms with Gasteiger partial charge in [-0.3, -0.25) is 4.79 Å². The number of hydrogen-bond acceptors (Lipinski definition) is 5. The lowest BCUT2D eigenvalue weighted by Crippen LogP contribution is -2.38. The van der Waals surface area contributed by atoms with Crippen LogP contribution in [0.1, 0.15) is 56.0 Å². The summed E-state index contributed by atoms with van der Waals surface area (Å²) in [4.78, 5) is 16.9. The molecule has 0 aromatic carbocycles. The fourth-order valence-corrected chi connectivity index (χ4v) is 4.45. The molecule has 2 saturated heterocycles. The number of carbonyl (C=O) groups excluding carboxylic acids is 1. The predicted molar refractivity (Wildman–Crippen MR) is 113 cm³/mol. The summed E-state index contributed by atoms with van der Waals surface area (Å²) in [5.41, 5.74) is 3.16. The molecule has 7 nitrogen and oxygen atoms in total. The molecule has 0 atom stereocenters. The molecule has 4 heterocycles. The van der Waals surface area contributed by atoms with E-state index in [9.17, 15) is 4.79 Å². The van der Waals surface area contributed by atoms with Gasteiger partial charge in [0.1, 0.15) is 0 Å². The number of amides is 1. The fourth-order valence-electron chi connectivity index (χ4n) is 4.45. The fraction of sp³-hybridized carbons (Fsp3) is 0.636. The number of aryl methyl sites for hydroxylation is 1. The van der Waals surface area contributed by atoms with Crippen LogP contribution in [0.2, 0.25) is 0 Å². The molecule has 7 heteroatoms. The van der Waals surface area contributed by atoms with Crippen LogP contribution in [0.3, 0.4) is 0 Å². The Morgan fingerprint density at radius 3 is 2.34 bits per heavy atom. The zero-order chi connectivity index (χ0) is 20.4. The van der Waals surface area contributed by atoms with Crippen molar-refractivity contribution in [3.8, 4) is 5.82 Å². The molecule has 156 valence electrons. The van der Waals surface area contributed by atoms with Gasteiger partial charge in [-0.2, -0.15) is 5.10 Å². The van der Waals surface area contributed by atoms with E-state index in [-0.39, 0.29) is 5.91 Å². The monoisotopic (exact) mass is 396 g/mol. The summed E-state index contributed by atoms with van der Waals surface area (Å²) in [6.45, 7) is 10.2. The van der Waals surface area contributed by atoms with Gasteiger partial charge in [-0.25, -0.2) is 4.68 Å². The number of hydrogen-bond donors (Lipinski definition) is 0. The number of carbonyl (C=O) groups is 1. The zero-order valence-corrected chi connectivity index (χ0v) is 17.9. The Kier molecular flexibility index (Phi) is 5.83. The minimum atomic E-state index is 0.262. The number of nitrogens with zero attached hydrogens (tertiary/aromatic N) is 6. The van der Waals surface area contributed by atoms with Gasteiger partial charge in [-0.15, -0.1) is 10.2 Å². The largest absolute Gasteiger partial charge is 0.355 e. The molecule has 2 aromatic heterocycles. The van der Waals surface area contributed by atoms with Crippen molar-refractivity contribution < 1.29 is 4.79 Å². The molecule has 2 fully saturated rings. The van der Waals surface area contributed by atoms with Gasteiger partial charge in [-0.05, 0) is 69.6 Å². The van der Waals surface area contributed by atoms with E-state index in [0.717, 1.165) is 79.9 Å².